The van der Waals surface area contributed by atoms with Gasteiger partial charge < -0.3 is 0 Å². The highest BCUT2D eigenvalue weighted by Gasteiger charge is 2.07. The van der Waals surface area contributed by atoms with Crippen molar-refractivity contribution in [1.29, 1.82) is 0 Å². The van der Waals surface area contributed by atoms with Crippen molar-refractivity contribution in [2.45, 2.75) is 19.8 Å². The highest BCUT2D eigenvalue weighted by Crippen LogP contribution is 2.23. The number of hydrogen-bond acceptors (Lipinski definition) is 2. The molecule has 2 aromatic rings. The average Bonchev–Trinajstić information content (AvgIpc) is 2.28. The second-order valence-electron chi connectivity index (χ2n) is 3.94. The van der Waals surface area contributed by atoms with Gasteiger partial charge in [0.05, 0.1) is 5.52 Å². The highest BCUT2D eigenvalue weighted by atomic mass is 35.5. The number of aryl methyl sites for hydroxylation is 2. The second-order valence-corrected chi connectivity index (χ2v) is 4.72. The topological polar surface area (TPSA) is 30.0 Å². The Balaban J connectivity index is 2.45. The van der Waals surface area contributed by atoms with Crippen LogP contribution in [0.3, 0.4) is 0 Å². The van der Waals surface area contributed by atoms with E-state index in [9.17, 15) is 4.79 Å². The Labute approximate surface area is 110 Å². The third kappa shape index (κ3) is 2.76. The molecule has 0 aliphatic rings. The number of pyridine rings is 1. The van der Waals surface area contributed by atoms with Crippen molar-refractivity contribution in [1.82, 2.24) is 4.98 Å². The van der Waals surface area contributed by atoms with Crippen LogP contribution in [-0.2, 0) is 11.2 Å². The summed E-state index contributed by atoms with van der Waals surface area (Å²) in [6.45, 7) is 1.99. The Morgan fingerprint density at radius 2 is 2.18 bits per heavy atom. The smallest absolute Gasteiger partial charge is 0.221 e. The highest BCUT2D eigenvalue weighted by molar-refractivity contribution is 6.63. The molecule has 17 heavy (non-hydrogen) atoms. The van der Waals surface area contributed by atoms with Crippen LogP contribution in [0.25, 0.3) is 10.9 Å². The molecule has 0 radical (unpaired) electrons. The van der Waals surface area contributed by atoms with E-state index in [4.69, 9.17) is 23.2 Å². The molecule has 0 saturated heterocycles. The first kappa shape index (κ1) is 12.3. The van der Waals surface area contributed by atoms with Crippen LogP contribution in [0.4, 0.5) is 0 Å². The molecule has 0 fully saturated rings. The van der Waals surface area contributed by atoms with E-state index in [-0.39, 0.29) is 11.7 Å². The normalized spacial score (nSPS) is 10.8. The Hall–Kier alpha value is -1.12. The van der Waals surface area contributed by atoms with E-state index in [0.29, 0.717) is 11.6 Å². The summed E-state index contributed by atoms with van der Waals surface area (Å²) in [5, 5.41) is 1.13. The van der Waals surface area contributed by atoms with Crippen molar-refractivity contribution >= 4 is 39.3 Å². The van der Waals surface area contributed by atoms with E-state index in [0.717, 1.165) is 22.0 Å². The van der Waals surface area contributed by atoms with Gasteiger partial charge in [0, 0.05) is 11.8 Å². The third-order valence-corrected chi connectivity index (χ3v) is 3.18. The molecule has 0 atom stereocenters. The third-order valence-electron chi connectivity index (χ3n) is 2.66. The zero-order valence-electron chi connectivity index (χ0n) is 9.34. The van der Waals surface area contributed by atoms with Crippen LogP contribution in [0.15, 0.2) is 24.3 Å². The summed E-state index contributed by atoms with van der Waals surface area (Å²) in [5.74, 6) is 0. The number of rotatable bonds is 3. The Morgan fingerprint density at radius 1 is 1.41 bits per heavy atom. The molecule has 1 aromatic carbocycles. The lowest BCUT2D eigenvalue weighted by Gasteiger charge is -2.06. The lowest BCUT2D eigenvalue weighted by molar-refractivity contribution is -0.111. The van der Waals surface area contributed by atoms with Crippen LogP contribution >= 0.6 is 23.2 Å². The van der Waals surface area contributed by atoms with Crippen molar-refractivity contribution in [2.75, 3.05) is 0 Å². The van der Waals surface area contributed by atoms with E-state index in [1.807, 2.05) is 31.2 Å². The van der Waals surface area contributed by atoms with Gasteiger partial charge >= 0.3 is 0 Å². The largest absolute Gasteiger partial charge is 0.281 e. The first-order valence-corrected chi connectivity index (χ1v) is 6.06. The number of aromatic nitrogens is 1. The fourth-order valence-electron chi connectivity index (χ4n) is 1.78. The molecule has 0 amide bonds. The number of hydrogen-bond donors (Lipinski definition) is 0. The Morgan fingerprint density at radius 3 is 2.88 bits per heavy atom. The van der Waals surface area contributed by atoms with Crippen LogP contribution < -0.4 is 0 Å². The van der Waals surface area contributed by atoms with Gasteiger partial charge in [-0.15, -0.1) is 0 Å². The van der Waals surface area contributed by atoms with E-state index in [2.05, 4.69) is 4.98 Å². The minimum Gasteiger partial charge on any atom is -0.281 e. The number of carbonyl (C=O) groups excluding carboxylic acids is 1. The summed E-state index contributed by atoms with van der Waals surface area (Å²) in [4.78, 5) is 15.1. The van der Waals surface area contributed by atoms with Crippen molar-refractivity contribution in [3.05, 3.63) is 40.5 Å². The van der Waals surface area contributed by atoms with Gasteiger partial charge in [-0.2, -0.15) is 0 Å². The maximum Gasteiger partial charge on any atom is 0.221 e. The molecule has 0 bridgehead atoms. The van der Waals surface area contributed by atoms with Gasteiger partial charge in [-0.05, 0) is 42.1 Å². The summed E-state index contributed by atoms with van der Waals surface area (Å²) in [5.41, 5.74) is 2.85. The molecule has 0 spiro atoms. The first-order chi connectivity index (χ1) is 8.08. The molecule has 0 unspecified atom stereocenters. The molecule has 2 nitrogen and oxygen atoms in total. The van der Waals surface area contributed by atoms with Gasteiger partial charge in [-0.3, -0.25) is 4.79 Å². The zero-order chi connectivity index (χ0) is 12.4. The number of nitrogens with zero attached hydrogens (tertiary/aromatic N) is 1. The summed E-state index contributed by atoms with van der Waals surface area (Å²) in [6, 6.07) is 7.92. The van der Waals surface area contributed by atoms with E-state index < -0.39 is 0 Å². The van der Waals surface area contributed by atoms with Crippen LogP contribution in [-0.4, -0.2) is 10.2 Å². The molecular weight excluding hydrogens is 257 g/mol. The maximum atomic E-state index is 10.7. The monoisotopic (exact) mass is 267 g/mol. The van der Waals surface area contributed by atoms with Crippen LogP contribution in [0.1, 0.15) is 17.5 Å². The summed E-state index contributed by atoms with van der Waals surface area (Å²) in [7, 11) is 0. The molecule has 2 rings (SSSR count). The standard InChI is InChI=1S/C13H11Cl2NO/c1-8-3-2-4-9-7-10(5-6-11(14)17)13(15)16-12(8)9/h2-4,7H,5-6H2,1H3. The summed E-state index contributed by atoms with van der Waals surface area (Å²) < 4.78 is 0. The molecule has 0 aliphatic carbocycles. The van der Waals surface area contributed by atoms with Crippen LogP contribution in [0.2, 0.25) is 5.15 Å². The quantitative estimate of drug-likeness (QED) is 0.624. The summed E-state index contributed by atoms with van der Waals surface area (Å²) in [6.07, 6.45) is 0.804. The van der Waals surface area contributed by atoms with Crippen LogP contribution in [0.5, 0.6) is 0 Å². The fraction of sp³-hybridized carbons (Fsp3) is 0.231. The molecule has 1 aromatic heterocycles. The second kappa shape index (κ2) is 5.03. The Bertz CT molecular complexity index is 581. The molecule has 0 saturated carbocycles. The van der Waals surface area contributed by atoms with Crippen molar-refractivity contribution in [3.63, 3.8) is 0 Å². The number of benzene rings is 1. The molecule has 0 aliphatic heterocycles. The fourth-order valence-corrected chi connectivity index (χ4v) is 2.10. The van der Waals surface area contributed by atoms with Gasteiger partial charge in [-0.25, -0.2) is 4.98 Å². The van der Waals surface area contributed by atoms with Crippen molar-refractivity contribution in [3.8, 4) is 0 Å². The SMILES string of the molecule is Cc1cccc2cc(CCC(=O)Cl)c(Cl)nc12. The van der Waals surface area contributed by atoms with Crippen molar-refractivity contribution < 1.29 is 4.79 Å². The van der Waals surface area contributed by atoms with Gasteiger partial charge in [-0.1, -0.05) is 29.8 Å². The minimum atomic E-state index is -0.356. The molecule has 4 heteroatoms. The Kier molecular flexibility index (Phi) is 3.65. The van der Waals surface area contributed by atoms with Crippen LogP contribution in [0, 0.1) is 6.92 Å². The predicted molar refractivity (Wildman–Crippen MR) is 70.7 cm³/mol. The first-order valence-electron chi connectivity index (χ1n) is 5.31. The number of halogens is 2. The number of para-hydroxylation sites is 1. The molecule has 88 valence electrons. The van der Waals surface area contributed by atoms with E-state index in [1.54, 1.807) is 0 Å². The van der Waals surface area contributed by atoms with Gasteiger partial charge in [0.25, 0.3) is 0 Å². The molecule has 1 heterocycles. The maximum absolute atomic E-state index is 10.7. The van der Waals surface area contributed by atoms with E-state index in [1.165, 1.54) is 0 Å². The number of fused-ring (bicyclic) bond motifs is 1. The van der Waals surface area contributed by atoms with Crippen molar-refractivity contribution in [2.24, 2.45) is 0 Å². The van der Waals surface area contributed by atoms with E-state index >= 15 is 0 Å². The van der Waals surface area contributed by atoms with Gasteiger partial charge in [0.1, 0.15) is 5.15 Å². The lowest BCUT2D eigenvalue weighted by Crippen LogP contribution is -1.95. The van der Waals surface area contributed by atoms with Gasteiger partial charge in [0.2, 0.25) is 5.24 Å². The summed E-state index contributed by atoms with van der Waals surface area (Å²) >= 11 is 11.4. The zero-order valence-corrected chi connectivity index (χ0v) is 10.8. The number of carbonyl (C=O) groups is 1. The lowest BCUT2D eigenvalue weighted by atomic mass is 10.1. The molecular formula is C13H11Cl2NO. The molecule has 0 N–H and O–H groups in total. The van der Waals surface area contributed by atoms with Gasteiger partial charge in [0.15, 0.2) is 0 Å². The average molecular weight is 268 g/mol. The predicted octanol–water partition coefficient (Wildman–Crippen LogP) is 3.89. The minimum absolute atomic E-state index is 0.278.